The van der Waals surface area contributed by atoms with Crippen molar-refractivity contribution in [3.63, 3.8) is 0 Å². The van der Waals surface area contributed by atoms with Crippen LogP contribution < -0.4 is 9.62 Å². The van der Waals surface area contributed by atoms with Crippen molar-refractivity contribution in [2.45, 2.75) is 6.42 Å². The molecule has 30 heavy (non-hydrogen) atoms. The van der Waals surface area contributed by atoms with Crippen LogP contribution in [0.3, 0.4) is 0 Å². The lowest BCUT2D eigenvalue weighted by Crippen LogP contribution is -2.35. The summed E-state index contributed by atoms with van der Waals surface area (Å²) in [5.41, 5.74) is 1.30. The molecule has 0 spiro atoms. The summed E-state index contributed by atoms with van der Waals surface area (Å²) in [6.07, 6.45) is 4.64. The zero-order valence-corrected chi connectivity index (χ0v) is 18.2. The van der Waals surface area contributed by atoms with Crippen LogP contribution in [0.1, 0.15) is 6.42 Å². The maximum Gasteiger partial charge on any atom is 0.304 e. The first-order valence-electron chi connectivity index (χ1n) is 8.85. The number of likely N-dealkylation sites (N-methyl/N-ethyl adjacent to an activating group) is 1. The Morgan fingerprint density at radius 1 is 1.33 bits per heavy atom. The number of aliphatic carboxylic acids is 1. The molecule has 0 aliphatic rings. The van der Waals surface area contributed by atoms with E-state index < -0.39 is 28.2 Å². The highest BCUT2D eigenvalue weighted by Gasteiger charge is 2.16. The number of carbonyl (C=O) groups is 1. The molecule has 0 aliphatic carbocycles. The zero-order valence-electron chi connectivity index (χ0n) is 15.9. The topological polar surface area (TPSA) is 117 Å². The van der Waals surface area contributed by atoms with Gasteiger partial charge in [-0.3, -0.25) is 4.79 Å². The Bertz CT molecular complexity index is 1170. The minimum absolute atomic E-state index is 0.0852. The Kier molecular flexibility index (Phi) is 6.81. The Labute approximate surface area is 183 Å². The number of benzene rings is 1. The summed E-state index contributed by atoms with van der Waals surface area (Å²) in [5, 5.41) is 10.1. The number of fused-ring (bicyclic) bond motifs is 1. The van der Waals surface area contributed by atoms with Crippen molar-refractivity contribution in [1.29, 1.82) is 0 Å². The molecule has 3 rings (SSSR count). The third kappa shape index (κ3) is 5.20. The van der Waals surface area contributed by atoms with Crippen LogP contribution in [0.2, 0.25) is 10.0 Å². The summed E-state index contributed by atoms with van der Waals surface area (Å²) in [6, 6.07) is 5.36. The second-order valence-electron chi connectivity index (χ2n) is 6.51. The van der Waals surface area contributed by atoms with E-state index in [0.717, 1.165) is 11.1 Å². The first-order valence-corrected chi connectivity index (χ1v) is 11.3. The molecule has 3 aromatic rings. The molecule has 0 radical (unpaired) electrons. The van der Waals surface area contributed by atoms with Crippen LogP contribution >= 0.6 is 23.2 Å². The molecule has 2 aromatic heterocycles. The van der Waals surface area contributed by atoms with E-state index in [4.69, 9.17) is 28.3 Å². The standard InChI is InChI=1S/C18H19Cl2N5O4S/c1-24(7-6-22-30(28,29)9-4-16(26)27)15-10-14(25-8-5-21-11-25)12-2-3-13(19)17(20)18(12)23-15/h2-3,5,8,10-11,22H,4,6-7,9H2,1H3,(H,26,27). The van der Waals surface area contributed by atoms with Gasteiger partial charge in [0.1, 0.15) is 5.82 Å². The number of nitrogens with zero attached hydrogens (tertiary/aromatic N) is 4. The molecule has 2 heterocycles. The van der Waals surface area contributed by atoms with E-state index in [1.54, 1.807) is 36.7 Å². The Morgan fingerprint density at radius 2 is 2.10 bits per heavy atom. The van der Waals surface area contributed by atoms with Gasteiger partial charge in [-0.25, -0.2) is 23.1 Å². The maximum absolute atomic E-state index is 11.9. The molecular formula is C18H19Cl2N5O4S. The van der Waals surface area contributed by atoms with E-state index >= 15 is 0 Å². The van der Waals surface area contributed by atoms with Crippen molar-refractivity contribution in [3.8, 4) is 5.69 Å². The van der Waals surface area contributed by atoms with Crippen molar-refractivity contribution >= 4 is 55.9 Å². The average Bonchev–Trinajstić information content (AvgIpc) is 3.23. The summed E-state index contributed by atoms with van der Waals surface area (Å²) in [6.45, 7) is 0.383. The Morgan fingerprint density at radius 3 is 2.77 bits per heavy atom. The largest absolute Gasteiger partial charge is 0.481 e. The van der Waals surface area contributed by atoms with Crippen LogP contribution in [-0.2, 0) is 14.8 Å². The molecule has 0 saturated carbocycles. The fraction of sp³-hybridized carbons (Fsp3) is 0.278. The maximum atomic E-state index is 11.9. The second kappa shape index (κ2) is 9.17. The summed E-state index contributed by atoms with van der Waals surface area (Å²) in [5.74, 6) is -1.08. The summed E-state index contributed by atoms with van der Waals surface area (Å²) in [4.78, 5) is 21.0. The number of aromatic nitrogens is 3. The Balaban J connectivity index is 1.85. The number of halogens is 2. The van der Waals surface area contributed by atoms with Gasteiger partial charge in [0, 0.05) is 44.0 Å². The number of anilines is 1. The van der Waals surface area contributed by atoms with E-state index in [1.807, 2.05) is 16.7 Å². The molecule has 9 nitrogen and oxygen atoms in total. The van der Waals surface area contributed by atoms with E-state index in [1.165, 1.54) is 0 Å². The first kappa shape index (κ1) is 22.3. The van der Waals surface area contributed by atoms with Gasteiger partial charge in [-0.05, 0) is 12.1 Å². The van der Waals surface area contributed by atoms with Gasteiger partial charge in [0.05, 0.1) is 39.8 Å². The van der Waals surface area contributed by atoms with Crippen LogP contribution in [0.25, 0.3) is 16.6 Å². The number of carboxylic acid groups (broad SMARTS) is 1. The smallest absolute Gasteiger partial charge is 0.304 e. The summed E-state index contributed by atoms with van der Waals surface area (Å²) < 4.78 is 27.9. The fourth-order valence-corrected chi connectivity index (χ4v) is 4.14. The number of carboxylic acids is 1. The van der Waals surface area contributed by atoms with Gasteiger partial charge in [-0.15, -0.1) is 0 Å². The highest BCUT2D eigenvalue weighted by atomic mass is 35.5. The second-order valence-corrected chi connectivity index (χ2v) is 9.22. The molecule has 2 N–H and O–H groups in total. The van der Waals surface area contributed by atoms with Crippen LogP contribution in [-0.4, -0.2) is 59.9 Å². The van der Waals surface area contributed by atoms with Crippen molar-refractivity contribution in [1.82, 2.24) is 19.3 Å². The number of nitrogens with one attached hydrogen (secondary N) is 1. The van der Waals surface area contributed by atoms with Gasteiger partial charge in [0.25, 0.3) is 0 Å². The van der Waals surface area contributed by atoms with Crippen LogP contribution in [0.4, 0.5) is 5.82 Å². The summed E-state index contributed by atoms with van der Waals surface area (Å²) >= 11 is 12.5. The molecule has 160 valence electrons. The van der Waals surface area contributed by atoms with E-state index in [0.29, 0.717) is 27.9 Å². The van der Waals surface area contributed by atoms with Gasteiger partial charge in [-0.1, -0.05) is 23.2 Å². The van der Waals surface area contributed by atoms with Crippen molar-refractivity contribution < 1.29 is 18.3 Å². The molecule has 1 aromatic carbocycles. The normalized spacial score (nSPS) is 11.7. The molecule has 0 fully saturated rings. The molecule has 12 heteroatoms. The molecule has 0 amide bonds. The lowest BCUT2D eigenvalue weighted by molar-refractivity contribution is -0.136. The monoisotopic (exact) mass is 471 g/mol. The highest BCUT2D eigenvalue weighted by Crippen LogP contribution is 2.34. The number of rotatable bonds is 9. The predicted molar refractivity (Wildman–Crippen MR) is 116 cm³/mol. The molecule has 0 saturated heterocycles. The number of hydrogen-bond donors (Lipinski definition) is 2. The molecule has 0 unspecified atom stereocenters. The minimum atomic E-state index is -3.67. The van der Waals surface area contributed by atoms with Crippen LogP contribution in [0.15, 0.2) is 36.9 Å². The van der Waals surface area contributed by atoms with E-state index in [-0.39, 0.29) is 6.54 Å². The lowest BCUT2D eigenvalue weighted by atomic mass is 10.1. The van der Waals surface area contributed by atoms with Gasteiger partial charge in [-0.2, -0.15) is 0 Å². The van der Waals surface area contributed by atoms with E-state index in [2.05, 4.69) is 14.7 Å². The van der Waals surface area contributed by atoms with Crippen molar-refractivity contribution in [2.75, 3.05) is 30.8 Å². The molecule has 0 atom stereocenters. The molecule has 0 bridgehead atoms. The van der Waals surface area contributed by atoms with Crippen molar-refractivity contribution in [2.24, 2.45) is 0 Å². The van der Waals surface area contributed by atoms with Gasteiger partial charge in [0.2, 0.25) is 10.0 Å². The number of imidazole rings is 1. The zero-order chi connectivity index (χ0) is 21.9. The molecule has 0 aliphatic heterocycles. The van der Waals surface area contributed by atoms with Gasteiger partial charge >= 0.3 is 5.97 Å². The predicted octanol–water partition coefficient (Wildman–Crippen LogP) is 2.56. The Hall–Kier alpha value is -2.40. The summed E-state index contributed by atoms with van der Waals surface area (Å²) in [7, 11) is -1.91. The fourth-order valence-electron chi connectivity index (χ4n) is 2.79. The van der Waals surface area contributed by atoms with Crippen LogP contribution in [0, 0.1) is 0 Å². The SMILES string of the molecule is CN(CCNS(=O)(=O)CCC(=O)O)c1cc(-n2ccnc2)c2ccc(Cl)c(Cl)c2n1. The highest BCUT2D eigenvalue weighted by molar-refractivity contribution is 7.89. The number of hydrogen-bond acceptors (Lipinski definition) is 6. The van der Waals surface area contributed by atoms with Gasteiger partial charge in [0.15, 0.2) is 0 Å². The van der Waals surface area contributed by atoms with Crippen LogP contribution in [0.5, 0.6) is 0 Å². The first-order chi connectivity index (χ1) is 14.2. The number of pyridine rings is 1. The third-order valence-electron chi connectivity index (χ3n) is 4.36. The lowest BCUT2D eigenvalue weighted by Gasteiger charge is -2.21. The number of sulfonamides is 1. The average molecular weight is 472 g/mol. The minimum Gasteiger partial charge on any atom is -0.481 e. The van der Waals surface area contributed by atoms with Crippen molar-refractivity contribution in [3.05, 3.63) is 47.0 Å². The van der Waals surface area contributed by atoms with Gasteiger partial charge < -0.3 is 14.6 Å². The van der Waals surface area contributed by atoms with E-state index in [9.17, 15) is 13.2 Å². The third-order valence-corrected chi connectivity index (χ3v) is 6.54. The molecular weight excluding hydrogens is 453 g/mol. The quantitative estimate of drug-likeness (QED) is 0.492.